The Balaban J connectivity index is 2.18. The Morgan fingerprint density at radius 3 is 2.86 bits per heavy atom. The lowest BCUT2D eigenvalue weighted by Gasteiger charge is -2.28. The minimum Gasteiger partial charge on any atom is -0.493 e. The fourth-order valence-electron chi connectivity index (χ4n) is 2.51. The summed E-state index contributed by atoms with van der Waals surface area (Å²) >= 11 is 0. The Labute approximate surface area is 124 Å². The molecule has 1 heterocycles. The smallest absolute Gasteiger partial charge is 0.228 e. The number of carbonyl (C=O) groups excluding carboxylic acids is 1. The molecule has 0 saturated heterocycles. The molecule has 0 aromatic heterocycles. The third kappa shape index (κ3) is 3.26. The quantitative estimate of drug-likeness (QED) is 0.338. The van der Waals surface area contributed by atoms with Gasteiger partial charge in [0.1, 0.15) is 5.75 Å². The van der Waals surface area contributed by atoms with E-state index in [1.54, 1.807) is 0 Å². The van der Waals surface area contributed by atoms with Gasteiger partial charge in [-0.1, -0.05) is 37.2 Å². The second kappa shape index (κ2) is 6.47. The minimum absolute atomic E-state index is 0.0127. The number of carbonyl (C=O) groups is 1. The molecule has 0 spiro atoms. The van der Waals surface area contributed by atoms with E-state index >= 15 is 0 Å². The SMILES string of the molecule is CC(C)C(NC(=O)C1CCOc2ccccc21)C(N)=NO. The second-order valence-electron chi connectivity index (χ2n) is 5.48. The van der Waals surface area contributed by atoms with Crippen LogP contribution in [0.3, 0.4) is 0 Å². The summed E-state index contributed by atoms with van der Waals surface area (Å²) in [5, 5.41) is 14.7. The number of nitrogens with one attached hydrogen (secondary N) is 1. The maximum atomic E-state index is 12.5. The number of nitrogens with two attached hydrogens (primary N) is 1. The van der Waals surface area contributed by atoms with Crippen LogP contribution in [0.15, 0.2) is 29.4 Å². The lowest BCUT2D eigenvalue weighted by molar-refractivity contribution is -0.123. The van der Waals surface area contributed by atoms with Gasteiger partial charge < -0.3 is 21.0 Å². The van der Waals surface area contributed by atoms with Crippen LogP contribution < -0.4 is 15.8 Å². The van der Waals surface area contributed by atoms with Crippen LogP contribution in [-0.2, 0) is 4.79 Å². The number of fused-ring (bicyclic) bond motifs is 1. The number of hydrogen-bond donors (Lipinski definition) is 3. The van der Waals surface area contributed by atoms with Gasteiger partial charge in [0.05, 0.1) is 18.6 Å². The molecule has 0 fully saturated rings. The maximum absolute atomic E-state index is 12.5. The monoisotopic (exact) mass is 291 g/mol. The van der Waals surface area contributed by atoms with Crippen molar-refractivity contribution in [2.45, 2.75) is 32.2 Å². The van der Waals surface area contributed by atoms with Crippen molar-refractivity contribution >= 4 is 11.7 Å². The van der Waals surface area contributed by atoms with Gasteiger partial charge in [-0.2, -0.15) is 0 Å². The van der Waals surface area contributed by atoms with Crippen molar-refractivity contribution in [1.29, 1.82) is 0 Å². The Bertz CT molecular complexity index is 543. The first-order valence-electron chi connectivity index (χ1n) is 7.04. The van der Waals surface area contributed by atoms with Crippen LogP contribution in [-0.4, -0.2) is 29.6 Å². The average molecular weight is 291 g/mol. The number of amidine groups is 1. The molecule has 1 aromatic rings. The van der Waals surface area contributed by atoms with Crippen molar-refractivity contribution in [3.05, 3.63) is 29.8 Å². The molecule has 1 aliphatic heterocycles. The van der Waals surface area contributed by atoms with Crippen LogP contribution in [0.2, 0.25) is 0 Å². The first kappa shape index (κ1) is 15.2. The van der Waals surface area contributed by atoms with E-state index in [-0.39, 0.29) is 23.6 Å². The van der Waals surface area contributed by atoms with Crippen molar-refractivity contribution in [1.82, 2.24) is 5.32 Å². The van der Waals surface area contributed by atoms with Gasteiger partial charge in [-0.3, -0.25) is 4.79 Å². The molecule has 2 rings (SSSR count). The molecule has 0 saturated carbocycles. The van der Waals surface area contributed by atoms with Crippen LogP contribution in [0.1, 0.15) is 31.7 Å². The molecular weight excluding hydrogens is 270 g/mol. The summed E-state index contributed by atoms with van der Waals surface area (Å²) in [4.78, 5) is 12.5. The first-order valence-corrected chi connectivity index (χ1v) is 7.04. The summed E-state index contributed by atoms with van der Waals surface area (Å²) in [6.45, 7) is 4.31. The number of ether oxygens (including phenoxy) is 1. The molecule has 2 unspecified atom stereocenters. The molecule has 1 aliphatic rings. The van der Waals surface area contributed by atoms with Gasteiger partial charge in [-0.05, 0) is 18.4 Å². The zero-order valence-electron chi connectivity index (χ0n) is 12.2. The fourth-order valence-corrected chi connectivity index (χ4v) is 2.51. The van der Waals surface area contributed by atoms with Gasteiger partial charge in [0.25, 0.3) is 0 Å². The number of hydrogen-bond acceptors (Lipinski definition) is 4. The zero-order valence-corrected chi connectivity index (χ0v) is 12.2. The molecule has 2 atom stereocenters. The van der Waals surface area contributed by atoms with Crippen molar-refractivity contribution < 1.29 is 14.7 Å². The van der Waals surface area contributed by atoms with E-state index in [0.29, 0.717) is 13.0 Å². The molecule has 1 amide bonds. The van der Waals surface area contributed by atoms with Crippen LogP contribution >= 0.6 is 0 Å². The summed E-state index contributed by atoms with van der Waals surface area (Å²) in [5.74, 6) is 0.381. The van der Waals surface area contributed by atoms with Gasteiger partial charge in [-0.15, -0.1) is 0 Å². The lowest BCUT2D eigenvalue weighted by atomic mass is 9.91. The Morgan fingerprint density at radius 1 is 1.48 bits per heavy atom. The number of oxime groups is 1. The molecule has 0 bridgehead atoms. The molecular formula is C15H21N3O3. The Hall–Kier alpha value is -2.24. The van der Waals surface area contributed by atoms with Gasteiger partial charge in [0.15, 0.2) is 5.84 Å². The number of para-hydroxylation sites is 1. The summed E-state index contributed by atoms with van der Waals surface area (Å²) in [6.07, 6.45) is 0.615. The van der Waals surface area contributed by atoms with Gasteiger partial charge in [0.2, 0.25) is 5.91 Å². The fraction of sp³-hybridized carbons (Fsp3) is 0.467. The first-order chi connectivity index (χ1) is 10.0. The molecule has 6 nitrogen and oxygen atoms in total. The molecule has 21 heavy (non-hydrogen) atoms. The molecule has 4 N–H and O–H groups in total. The molecule has 114 valence electrons. The van der Waals surface area contributed by atoms with Crippen LogP contribution in [0.25, 0.3) is 0 Å². The molecule has 1 aromatic carbocycles. The number of benzene rings is 1. The molecule has 6 heteroatoms. The van der Waals surface area contributed by atoms with Gasteiger partial charge >= 0.3 is 0 Å². The zero-order chi connectivity index (χ0) is 15.4. The molecule has 0 radical (unpaired) electrons. The number of nitrogens with zero attached hydrogens (tertiary/aromatic N) is 1. The highest BCUT2D eigenvalue weighted by Gasteiger charge is 2.30. The van der Waals surface area contributed by atoms with Crippen molar-refractivity contribution in [2.24, 2.45) is 16.8 Å². The standard InChI is InChI=1S/C15H21N3O3/c1-9(2)13(14(16)18-20)17-15(19)11-7-8-21-12-6-4-3-5-10(11)12/h3-6,9,11,13,20H,7-8H2,1-2H3,(H2,16,18)(H,17,19). The van der Waals surface area contributed by atoms with E-state index in [4.69, 9.17) is 15.7 Å². The normalized spacial score (nSPS) is 19.6. The molecule has 0 aliphatic carbocycles. The van der Waals surface area contributed by atoms with Crippen LogP contribution in [0.5, 0.6) is 5.75 Å². The highest BCUT2D eigenvalue weighted by atomic mass is 16.5. The third-order valence-corrected chi connectivity index (χ3v) is 3.67. The Kier molecular flexibility index (Phi) is 4.67. The van der Waals surface area contributed by atoms with Crippen molar-refractivity contribution in [3.8, 4) is 5.75 Å². The summed E-state index contributed by atoms with van der Waals surface area (Å²) < 4.78 is 5.56. The third-order valence-electron chi connectivity index (χ3n) is 3.67. The summed E-state index contributed by atoms with van der Waals surface area (Å²) in [7, 11) is 0. The average Bonchev–Trinajstić information content (AvgIpc) is 2.50. The van der Waals surface area contributed by atoms with E-state index in [1.807, 2.05) is 38.1 Å². The topological polar surface area (TPSA) is 96.9 Å². The van der Waals surface area contributed by atoms with E-state index in [1.165, 1.54) is 0 Å². The highest BCUT2D eigenvalue weighted by Crippen LogP contribution is 2.33. The summed E-state index contributed by atoms with van der Waals surface area (Å²) in [6, 6.07) is 7.03. The predicted octanol–water partition coefficient (Wildman–Crippen LogP) is 1.44. The van der Waals surface area contributed by atoms with Gasteiger partial charge in [-0.25, -0.2) is 0 Å². The lowest BCUT2D eigenvalue weighted by Crippen LogP contribution is -2.49. The second-order valence-corrected chi connectivity index (χ2v) is 5.48. The van der Waals surface area contributed by atoms with E-state index in [2.05, 4.69) is 10.5 Å². The van der Waals surface area contributed by atoms with Crippen molar-refractivity contribution in [2.75, 3.05) is 6.61 Å². The van der Waals surface area contributed by atoms with E-state index in [0.717, 1.165) is 11.3 Å². The number of amides is 1. The van der Waals surface area contributed by atoms with Crippen molar-refractivity contribution in [3.63, 3.8) is 0 Å². The Morgan fingerprint density at radius 2 is 2.19 bits per heavy atom. The number of rotatable bonds is 4. The van der Waals surface area contributed by atoms with Crippen LogP contribution in [0, 0.1) is 5.92 Å². The summed E-state index contributed by atoms with van der Waals surface area (Å²) in [5.41, 5.74) is 6.53. The maximum Gasteiger partial charge on any atom is 0.228 e. The van der Waals surface area contributed by atoms with E-state index in [9.17, 15) is 4.79 Å². The van der Waals surface area contributed by atoms with Gasteiger partial charge in [0, 0.05) is 5.56 Å². The highest BCUT2D eigenvalue weighted by molar-refractivity contribution is 5.92. The van der Waals surface area contributed by atoms with E-state index < -0.39 is 6.04 Å². The van der Waals surface area contributed by atoms with Crippen LogP contribution in [0.4, 0.5) is 0 Å². The predicted molar refractivity (Wildman–Crippen MR) is 79.5 cm³/mol. The largest absolute Gasteiger partial charge is 0.493 e. The minimum atomic E-state index is -0.488.